The standard InChI is InChI=1S/C14H17ClFN3/c1-3-4-7-19-9-10(2)17-14(19)18-13-6-5-11(16)8-12(13)15/h5-6,8-9H,3-4,7H2,1-2H3,(H,17,18). The van der Waals surface area contributed by atoms with Crippen molar-refractivity contribution in [3.05, 3.63) is 40.9 Å². The first-order chi connectivity index (χ1) is 9.10. The summed E-state index contributed by atoms with van der Waals surface area (Å²) in [7, 11) is 0. The van der Waals surface area contributed by atoms with E-state index in [-0.39, 0.29) is 5.82 Å². The van der Waals surface area contributed by atoms with Crippen LogP contribution in [0.2, 0.25) is 5.02 Å². The van der Waals surface area contributed by atoms with Crippen LogP contribution in [0, 0.1) is 12.7 Å². The van der Waals surface area contributed by atoms with Gasteiger partial charge in [-0.2, -0.15) is 0 Å². The summed E-state index contributed by atoms with van der Waals surface area (Å²) in [5.41, 5.74) is 1.60. The van der Waals surface area contributed by atoms with Crippen LogP contribution in [-0.2, 0) is 6.54 Å². The van der Waals surface area contributed by atoms with Gasteiger partial charge in [-0.3, -0.25) is 0 Å². The number of nitrogens with one attached hydrogen (secondary N) is 1. The van der Waals surface area contributed by atoms with Crippen molar-refractivity contribution in [1.82, 2.24) is 9.55 Å². The SMILES string of the molecule is CCCCn1cc(C)nc1Nc1ccc(F)cc1Cl. The average Bonchev–Trinajstić information content (AvgIpc) is 2.70. The molecule has 0 amide bonds. The molecule has 0 radical (unpaired) electrons. The van der Waals surface area contributed by atoms with Gasteiger partial charge >= 0.3 is 0 Å². The monoisotopic (exact) mass is 281 g/mol. The third kappa shape index (κ3) is 3.47. The van der Waals surface area contributed by atoms with E-state index in [9.17, 15) is 4.39 Å². The molecule has 1 aromatic heterocycles. The molecule has 0 unspecified atom stereocenters. The molecule has 3 nitrogen and oxygen atoms in total. The highest BCUT2D eigenvalue weighted by molar-refractivity contribution is 6.33. The van der Waals surface area contributed by atoms with Gasteiger partial charge in [0.15, 0.2) is 0 Å². The minimum Gasteiger partial charge on any atom is -0.324 e. The van der Waals surface area contributed by atoms with Crippen LogP contribution < -0.4 is 5.32 Å². The maximum absolute atomic E-state index is 13.0. The zero-order valence-electron chi connectivity index (χ0n) is 11.1. The molecule has 0 fully saturated rings. The molecule has 0 atom stereocenters. The van der Waals surface area contributed by atoms with E-state index in [1.165, 1.54) is 12.1 Å². The number of imidazole rings is 1. The lowest BCUT2D eigenvalue weighted by atomic mass is 10.3. The fourth-order valence-corrected chi connectivity index (χ4v) is 2.07. The number of benzene rings is 1. The number of aromatic nitrogens is 2. The van der Waals surface area contributed by atoms with Crippen molar-refractivity contribution in [2.45, 2.75) is 33.2 Å². The number of anilines is 2. The molecule has 0 aliphatic heterocycles. The van der Waals surface area contributed by atoms with Gasteiger partial charge in [0.1, 0.15) is 5.82 Å². The maximum atomic E-state index is 13.0. The fourth-order valence-electron chi connectivity index (χ4n) is 1.86. The lowest BCUT2D eigenvalue weighted by molar-refractivity contribution is 0.628. The molecular formula is C14H17ClFN3. The Bertz CT molecular complexity index is 566. The van der Waals surface area contributed by atoms with Gasteiger partial charge in [0, 0.05) is 12.7 Å². The number of hydrogen-bond acceptors (Lipinski definition) is 2. The normalized spacial score (nSPS) is 10.7. The number of aryl methyl sites for hydroxylation is 2. The zero-order valence-corrected chi connectivity index (χ0v) is 11.8. The van der Waals surface area contributed by atoms with Crippen LogP contribution in [0.25, 0.3) is 0 Å². The van der Waals surface area contributed by atoms with Gasteiger partial charge in [-0.1, -0.05) is 24.9 Å². The lowest BCUT2D eigenvalue weighted by Gasteiger charge is -2.10. The molecule has 0 saturated heterocycles. The molecular weight excluding hydrogens is 265 g/mol. The summed E-state index contributed by atoms with van der Waals surface area (Å²) in [6.07, 6.45) is 4.20. The summed E-state index contributed by atoms with van der Waals surface area (Å²) < 4.78 is 15.1. The summed E-state index contributed by atoms with van der Waals surface area (Å²) in [4.78, 5) is 4.42. The van der Waals surface area contributed by atoms with E-state index < -0.39 is 0 Å². The molecule has 0 saturated carbocycles. The van der Waals surface area contributed by atoms with Gasteiger partial charge in [-0.25, -0.2) is 9.37 Å². The maximum Gasteiger partial charge on any atom is 0.207 e. The quantitative estimate of drug-likeness (QED) is 0.873. The predicted molar refractivity (Wildman–Crippen MR) is 76.6 cm³/mol. The van der Waals surface area contributed by atoms with Crippen LogP contribution in [0.4, 0.5) is 16.0 Å². The molecule has 2 aromatic rings. The van der Waals surface area contributed by atoms with Crippen molar-refractivity contribution >= 4 is 23.2 Å². The minimum atomic E-state index is -0.346. The Balaban J connectivity index is 2.22. The zero-order chi connectivity index (χ0) is 13.8. The molecule has 0 bridgehead atoms. The van der Waals surface area contributed by atoms with Crippen molar-refractivity contribution in [2.24, 2.45) is 0 Å². The second-order valence-corrected chi connectivity index (χ2v) is 4.91. The third-order valence-electron chi connectivity index (χ3n) is 2.83. The van der Waals surface area contributed by atoms with Crippen molar-refractivity contribution in [1.29, 1.82) is 0 Å². The predicted octanol–water partition coefficient (Wildman–Crippen LogP) is 4.53. The lowest BCUT2D eigenvalue weighted by Crippen LogP contribution is -2.03. The number of nitrogens with zero attached hydrogens (tertiary/aromatic N) is 2. The molecule has 2 rings (SSSR count). The minimum absolute atomic E-state index is 0.346. The Morgan fingerprint density at radius 1 is 1.42 bits per heavy atom. The molecule has 0 aliphatic rings. The van der Waals surface area contributed by atoms with Crippen molar-refractivity contribution in [3.8, 4) is 0 Å². The number of rotatable bonds is 5. The van der Waals surface area contributed by atoms with Crippen LogP contribution in [0.5, 0.6) is 0 Å². The van der Waals surface area contributed by atoms with E-state index in [4.69, 9.17) is 11.6 Å². The van der Waals surface area contributed by atoms with Crippen LogP contribution in [-0.4, -0.2) is 9.55 Å². The van der Waals surface area contributed by atoms with E-state index in [1.807, 2.05) is 13.1 Å². The van der Waals surface area contributed by atoms with E-state index in [1.54, 1.807) is 6.07 Å². The van der Waals surface area contributed by atoms with Gasteiger partial charge in [0.25, 0.3) is 0 Å². The first kappa shape index (κ1) is 13.9. The fraction of sp³-hybridized carbons (Fsp3) is 0.357. The first-order valence-electron chi connectivity index (χ1n) is 6.36. The molecule has 102 valence electrons. The van der Waals surface area contributed by atoms with Crippen LogP contribution >= 0.6 is 11.6 Å². The average molecular weight is 282 g/mol. The smallest absolute Gasteiger partial charge is 0.207 e. The molecule has 1 aromatic carbocycles. The second-order valence-electron chi connectivity index (χ2n) is 4.50. The highest BCUT2D eigenvalue weighted by atomic mass is 35.5. The van der Waals surface area contributed by atoms with Crippen molar-refractivity contribution in [3.63, 3.8) is 0 Å². The van der Waals surface area contributed by atoms with Gasteiger partial charge in [0.2, 0.25) is 5.95 Å². The van der Waals surface area contributed by atoms with Crippen molar-refractivity contribution in [2.75, 3.05) is 5.32 Å². The van der Waals surface area contributed by atoms with Gasteiger partial charge < -0.3 is 9.88 Å². The van der Waals surface area contributed by atoms with Crippen LogP contribution in [0.1, 0.15) is 25.5 Å². The summed E-state index contributed by atoms with van der Waals surface area (Å²) in [5, 5.41) is 3.50. The van der Waals surface area contributed by atoms with E-state index in [0.717, 1.165) is 31.0 Å². The third-order valence-corrected chi connectivity index (χ3v) is 3.14. The topological polar surface area (TPSA) is 29.9 Å². The first-order valence-corrected chi connectivity index (χ1v) is 6.73. The summed E-state index contributed by atoms with van der Waals surface area (Å²) in [6.45, 7) is 4.99. The molecule has 1 N–H and O–H groups in total. The number of halogens is 2. The Morgan fingerprint density at radius 2 is 2.21 bits per heavy atom. The Morgan fingerprint density at radius 3 is 2.89 bits per heavy atom. The summed E-state index contributed by atoms with van der Waals surface area (Å²) in [5.74, 6) is 0.389. The highest BCUT2D eigenvalue weighted by Gasteiger charge is 2.08. The second kappa shape index (κ2) is 6.06. The molecule has 0 aliphatic carbocycles. The van der Waals surface area contributed by atoms with E-state index >= 15 is 0 Å². The van der Waals surface area contributed by atoms with Crippen LogP contribution in [0.15, 0.2) is 24.4 Å². The Hall–Kier alpha value is -1.55. The Kier molecular flexibility index (Phi) is 4.43. The summed E-state index contributed by atoms with van der Waals surface area (Å²) >= 11 is 6.00. The van der Waals surface area contributed by atoms with Gasteiger partial charge in [0.05, 0.1) is 16.4 Å². The molecule has 1 heterocycles. The van der Waals surface area contributed by atoms with Crippen molar-refractivity contribution < 1.29 is 4.39 Å². The Labute approximate surface area is 117 Å². The van der Waals surface area contributed by atoms with Crippen LogP contribution in [0.3, 0.4) is 0 Å². The van der Waals surface area contributed by atoms with Gasteiger partial charge in [-0.15, -0.1) is 0 Å². The van der Waals surface area contributed by atoms with E-state index in [2.05, 4.69) is 21.8 Å². The number of hydrogen-bond donors (Lipinski definition) is 1. The van der Waals surface area contributed by atoms with E-state index in [0.29, 0.717) is 10.7 Å². The number of unbranched alkanes of at least 4 members (excludes halogenated alkanes) is 1. The largest absolute Gasteiger partial charge is 0.324 e. The molecule has 19 heavy (non-hydrogen) atoms. The highest BCUT2D eigenvalue weighted by Crippen LogP contribution is 2.26. The molecule has 5 heteroatoms. The molecule has 0 spiro atoms. The van der Waals surface area contributed by atoms with Gasteiger partial charge in [-0.05, 0) is 31.5 Å². The summed E-state index contributed by atoms with van der Waals surface area (Å²) in [6, 6.07) is 4.28.